The van der Waals surface area contributed by atoms with E-state index in [-0.39, 0.29) is 34.4 Å². The average molecular weight is 559 g/mol. The maximum absolute atomic E-state index is 13.7. The summed E-state index contributed by atoms with van der Waals surface area (Å²) in [5.41, 5.74) is 2.19. The quantitative estimate of drug-likeness (QED) is 0.0970. The smallest absolute Gasteiger partial charge is 0.202 e. The second kappa shape index (κ2) is 10.1. The molecule has 0 unspecified atom stereocenters. The van der Waals surface area contributed by atoms with Gasteiger partial charge in [0, 0.05) is 42.0 Å². The highest BCUT2D eigenvalue weighted by Gasteiger charge is 2.49. The third-order valence-corrected chi connectivity index (χ3v) is 7.95. The van der Waals surface area contributed by atoms with Crippen LogP contribution in [0.2, 0.25) is 0 Å². The Kier molecular flexibility index (Phi) is 7.06. The van der Waals surface area contributed by atoms with E-state index < -0.39 is 95.6 Å². The molecule has 3 aliphatic rings. The lowest BCUT2D eigenvalue weighted by molar-refractivity contribution is -0.245. The van der Waals surface area contributed by atoms with Gasteiger partial charge in [-0.15, -0.1) is 0 Å². The summed E-state index contributed by atoms with van der Waals surface area (Å²) < 4.78 is 17.1. The third kappa shape index (κ3) is 4.13. The van der Waals surface area contributed by atoms with Gasteiger partial charge in [-0.3, -0.25) is 9.59 Å². The molecule has 5 rings (SSSR count). The summed E-state index contributed by atoms with van der Waals surface area (Å²) in [7, 11) is 1.33. The van der Waals surface area contributed by atoms with Crippen molar-refractivity contribution in [1.82, 2.24) is 0 Å². The molecule has 6 atom stereocenters. The van der Waals surface area contributed by atoms with Crippen LogP contribution in [0.1, 0.15) is 68.8 Å². The highest BCUT2D eigenvalue weighted by atomic mass is 16.7. The zero-order valence-corrected chi connectivity index (χ0v) is 21.7. The number of rotatable bonds is 5. The van der Waals surface area contributed by atoms with Gasteiger partial charge in [-0.05, 0) is 13.0 Å². The molecule has 13 heteroatoms. The van der Waals surface area contributed by atoms with Gasteiger partial charge in [-0.1, -0.05) is 17.3 Å². The molecule has 2 aliphatic carbocycles. The van der Waals surface area contributed by atoms with Crippen molar-refractivity contribution in [3.63, 3.8) is 0 Å². The first kappa shape index (κ1) is 28.0. The maximum atomic E-state index is 13.7. The minimum absolute atomic E-state index is 0.0242. The first-order valence-corrected chi connectivity index (χ1v) is 12.6. The summed E-state index contributed by atoms with van der Waals surface area (Å²) in [6, 6.07) is 3.65. The Labute approximate surface area is 228 Å². The number of phenolic OH excluding ortho intramolecular Hbond substituents is 2. The molecule has 40 heavy (non-hydrogen) atoms. The van der Waals surface area contributed by atoms with Crippen LogP contribution in [0.15, 0.2) is 23.4 Å². The minimum Gasteiger partial charge on any atom is -0.507 e. The molecule has 0 spiro atoms. The number of oxime groups is 1. The van der Waals surface area contributed by atoms with Crippen LogP contribution < -0.4 is 10.5 Å². The summed E-state index contributed by atoms with van der Waals surface area (Å²) >= 11 is 0. The summed E-state index contributed by atoms with van der Waals surface area (Å²) in [6.07, 6.45) is -4.93. The minimum atomic E-state index is -2.09. The molecule has 0 aromatic heterocycles. The van der Waals surface area contributed by atoms with Gasteiger partial charge < -0.3 is 50.7 Å². The number of benzene rings is 2. The molecule has 0 bridgehead atoms. The number of aliphatic hydroxyl groups is 3. The van der Waals surface area contributed by atoms with Crippen molar-refractivity contribution >= 4 is 17.3 Å². The molecule has 2 aromatic rings. The van der Waals surface area contributed by atoms with Crippen LogP contribution in [-0.2, 0) is 15.9 Å². The number of ether oxygens (including phenoxy) is 3. The fourth-order valence-electron chi connectivity index (χ4n) is 5.88. The monoisotopic (exact) mass is 558 g/mol. The lowest BCUT2D eigenvalue weighted by Crippen LogP contribution is -2.53. The van der Waals surface area contributed by atoms with Crippen LogP contribution in [0.5, 0.6) is 17.2 Å². The number of carbonyl (C=O) groups excluding carboxylic acids is 2. The van der Waals surface area contributed by atoms with Crippen LogP contribution in [0.3, 0.4) is 0 Å². The van der Waals surface area contributed by atoms with Gasteiger partial charge in [0.1, 0.15) is 28.6 Å². The number of aromatic hydroxyl groups is 2. The fraction of sp³-hybridized carbons (Fsp3) is 0.444. The van der Waals surface area contributed by atoms with Gasteiger partial charge >= 0.3 is 0 Å². The number of fused-ring (bicyclic) bond motifs is 3. The Hall–Kier alpha value is -3.59. The second-order valence-electron chi connectivity index (χ2n) is 10.3. The normalized spacial score (nSPS) is 29.9. The Bertz CT molecular complexity index is 1410. The van der Waals surface area contributed by atoms with E-state index in [1.54, 1.807) is 6.92 Å². The van der Waals surface area contributed by atoms with Crippen LogP contribution in [-0.4, -0.2) is 91.9 Å². The zero-order chi connectivity index (χ0) is 29.1. The first-order chi connectivity index (χ1) is 19.0. The highest BCUT2D eigenvalue weighted by molar-refractivity contribution is 6.31. The van der Waals surface area contributed by atoms with E-state index in [0.717, 1.165) is 0 Å². The summed E-state index contributed by atoms with van der Waals surface area (Å²) in [6.45, 7) is 0.730. The van der Waals surface area contributed by atoms with E-state index in [9.17, 15) is 40.3 Å². The molecule has 0 saturated carbocycles. The molecule has 0 amide bonds. The van der Waals surface area contributed by atoms with Crippen molar-refractivity contribution in [2.24, 2.45) is 10.9 Å². The number of hydrogen-bond acceptors (Lipinski definition) is 13. The van der Waals surface area contributed by atoms with E-state index in [0.29, 0.717) is 0 Å². The first-order valence-electron chi connectivity index (χ1n) is 12.6. The van der Waals surface area contributed by atoms with Gasteiger partial charge in [0.25, 0.3) is 0 Å². The number of hydrogen-bond donors (Lipinski definition) is 7. The SMILES string of the molecule is COc1cccc2c1C(=O)c1c(O)c3c(c(O)c1C2=O)C[C@@](O)(/C(CO)=N/O)C[C@@H]3O[C@H]1C[C@H](N)[C@H](O)[C@H](C)O1. The van der Waals surface area contributed by atoms with E-state index in [4.69, 9.17) is 19.9 Å². The topological polar surface area (TPSA) is 222 Å². The van der Waals surface area contributed by atoms with Crippen molar-refractivity contribution in [1.29, 1.82) is 0 Å². The van der Waals surface area contributed by atoms with Crippen LogP contribution in [0, 0.1) is 0 Å². The number of nitrogens with two attached hydrogens (primary N) is 1. The predicted molar refractivity (Wildman–Crippen MR) is 136 cm³/mol. The van der Waals surface area contributed by atoms with E-state index in [1.165, 1.54) is 25.3 Å². The predicted octanol–water partition coefficient (Wildman–Crippen LogP) is 0.262. The molecule has 0 radical (unpaired) electrons. The molecular weight excluding hydrogens is 528 g/mol. The van der Waals surface area contributed by atoms with Crippen molar-refractivity contribution in [3.05, 3.63) is 51.6 Å². The van der Waals surface area contributed by atoms with Crippen molar-refractivity contribution in [2.45, 2.75) is 62.4 Å². The Morgan fingerprint density at radius 2 is 1.88 bits per heavy atom. The average Bonchev–Trinajstić information content (AvgIpc) is 2.92. The van der Waals surface area contributed by atoms with Gasteiger partial charge in [0.05, 0.1) is 48.7 Å². The summed E-state index contributed by atoms with van der Waals surface area (Å²) in [4.78, 5) is 27.2. The lowest BCUT2D eigenvalue weighted by atomic mass is 9.71. The third-order valence-electron chi connectivity index (χ3n) is 7.95. The molecule has 214 valence electrons. The van der Waals surface area contributed by atoms with E-state index in [1.807, 2.05) is 0 Å². The summed E-state index contributed by atoms with van der Waals surface area (Å²) in [5.74, 6) is -2.75. The Balaban J connectivity index is 1.70. The molecule has 2 aromatic carbocycles. The highest BCUT2D eigenvalue weighted by Crippen LogP contribution is 2.52. The number of carbonyl (C=O) groups is 2. The number of ketones is 2. The zero-order valence-electron chi connectivity index (χ0n) is 21.7. The number of methoxy groups -OCH3 is 1. The van der Waals surface area contributed by atoms with Crippen molar-refractivity contribution in [3.8, 4) is 17.2 Å². The molecule has 1 saturated heterocycles. The largest absolute Gasteiger partial charge is 0.507 e. The standard InChI is InChI=1S/C27H30N2O11/c1-10-22(31)13(28)6-17(39-10)40-15-8-27(36,16(9-30)29-37)7-12-19(15)26(35)21-20(24(12)33)23(32)11-4-3-5-14(38-2)18(11)25(21)34/h3-5,10,13,15,17,22,30-31,33,35-37H,6-9,28H2,1-2H3/b29-16+/t10-,13-,15-,17-,22+,27-/m0/s1. The summed E-state index contributed by atoms with van der Waals surface area (Å²) in [5, 5.41) is 66.9. The fourth-order valence-corrected chi connectivity index (χ4v) is 5.88. The van der Waals surface area contributed by atoms with Gasteiger partial charge in [-0.25, -0.2) is 0 Å². The molecule has 13 nitrogen and oxygen atoms in total. The molecule has 1 aliphatic heterocycles. The molecular formula is C27H30N2O11. The van der Waals surface area contributed by atoms with Crippen LogP contribution in [0.4, 0.5) is 0 Å². The van der Waals surface area contributed by atoms with E-state index in [2.05, 4.69) is 5.16 Å². The van der Waals surface area contributed by atoms with E-state index >= 15 is 0 Å². The molecule has 1 heterocycles. The van der Waals surface area contributed by atoms with Crippen molar-refractivity contribution < 1.29 is 54.5 Å². The molecule has 8 N–H and O–H groups in total. The van der Waals surface area contributed by atoms with Gasteiger partial charge in [-0.2, -0.15) is 0 Å². The van der Waals surface area contributed by atoms with Gasteiger partial charge in [0.15, 0.2) is 12.1 Å². The second-order valence-corrected chi connectivity index (χ2v) is 10.3. The maximum Gasteiger partial charge on any atom is 0.202 e. The Morgan fingerprint density at radius 3 is 2.50 bits per heavy atom. The van der Waals surface area contributed by atoms with Gasteiger partial charge in [0.2, 0.25) is 5.78 Å². The number of aliphatic hydroxyl groups excluding tert-OH is 2. The van der Waals surface area contributed by atoms with Crippen LogP contribution in [0.25, 0.3) is 0 Å². The number of nitrogens with zero attached hydrogens (tertiary/aromatic N) is 1. The van der Waals surface area contributed by atoms with Crippen LogP contribution >= 0.6 is 0 Å². The lowest BCUT2D eigenvalue weighted by Gasteiger charge is -2.42. The molecule has 1 fully saturated rings. The number of phenols is 2. The van der Waals surface area contributed by atoms with Crippen molar-refractivity contribution in [2.75, 3.05) is 13.7 Å². The Morgan fingerprint density at radius 1 is 1.18 bits per heavy atom.